The SMILES string of the molecule is BrC1=CC2c3cc(-c4ccc5c6ccccc6c6ccccc6c5c4)ccc3OC2C=C1. The number of hydrogen-bond donors (Lipinski definition) is 0. The summed E-state index contributed by atoms with van der Waals surface area (Å²) in [6.45, 7) is 0. The Morgan fingerprint density at radius 1 is 0.625 bits per heavy atom. The van der Waals surface area contributed by atoms with Crippen molar-refractivity contribution in [1.29, 1.82) is 0 Å². The fraction of sp³-hybridized carbons (Fsp3) is 0.0667. The maximum atomic E-state index is 6.17. The van der Waals surface area contributed by atoms with Gasteiger partial charge in [-0.15, -0.1) is 0 Å². The third-order valence-electron chi connectivity index (χ3n) is 6.85. The van der Waals surface area contributed by atoms with Gasteiger partial charge < -0.3 is 4.74 Å². The van der Waals surface area contributed by atoms with E-state index in [1.807, 2.05) is 0 Å². The summed E-state index contributed by atoms with van der Waals surface area (Å²) in [4.78, 5) is 0. The van der Waals surface area contributed by atoms with Crippen molar-refractivity contribution < 1.29 is 4.74 Å². The lowest BCUT2D eigenvalue weighted by atomic mass is 9.89. The predicted octanol–water partition coefficient (Wildman–Crippen LogP) is 8.51. The first-order valence-corrected chi connectivity index (χ1v) is 11.8. The van der Waals surface area contributed by atoms with Crippen LogP contribution in [0.5, 0.6) is 5.75 Å². The summed E-state index contributed by atoms with van der Waals surface area (Å²) < 4.78 is 7.29. The van der Waals surface area contributed by atoms with Gasteiger partial charge in [0.15, 0.2) is 0 Å². The molecule has 1 heterocycles. The second-order valence-corrected chi connectivity index (χ2v) is 9.54. The summed E-state index contributed by atoms with van der Waals surface area (Å²) in [7, 11) is 0. The molecule has 2 unspecified atom stereocenters. The van der Waals surface area contributed by atoms with Gasteiger partial charge in [0.05, 0.1) is 0 Å². The smallest absolute Gasteiger partial charge is 0.128 e. The van der Waals surface area contributed by atoms with E-state index >= 15 is 0 Å². The highest BCUT2D eigenvalue weighted by Crippen LogP contribution is 2.45. The molecule has 5 aromatic carbocycles. The molecule has 1 aliphatic carbocycles. The van der Waals surface area contributed by atoms with E-state index in [1.165, 1.54) is 49.0 Å². The van der Waals surface area contributed by atoms with Crippen LogP contribution in [0.15, 0.2) is 108 Å². The zero-order chi connectivity index (χ0) is 21.2. The van der Waals surface area contributed by atoms with Crippen LogP contribution in [0.3, 0.4) is 0 Å². The van der Waals surface area contributed by atoms with Gasteiger partial charge in [-0.05, 0) is 73.8 Å². The van der Waals surface area contributed by atoms with Gasteiger partial charge in [-0.2, -0.15) is 0 Å². The topological polar surface area (TPSA) is 9.23 Å². The van der Waals surface area contributed by atoms with Crippen molar-refractivity contribution in [3.63, 3.8) is 0 Å². The summed E-state index contributed by atoms with van der Waals surface area (Å²) >= 11 is 3.63. The number of halogens is 1. The quantitative estimate of drug-likeness (QED) is 0.221. The van der Waals surface area contributed by atoms with Gasteiger partial charge in [-0.3, -0.25) is 0 Å². The molecule has 152 valence electrons. The van der Waals surface area contributed by atoms with E-state index in [9.17, 15) is 0 Å². The number of ether oxygens (including phenoxy) is 1. The van der Waals surface area contributed by atoms with Crippen molar-refractivity contribution >= 4 is 48.2 Å². The van der Waals surface area contributed by atoms with Crippen LogP contribution in [0.4, 0.5) is 0 Å². The molecule has 7 rings (SSSR count). The van der Waals surface area contributed by atoms with Crippen molar-refractivity contribution in [2.45, 2.75) is 12.0 Å². The van der Waals surface area contributed by atoms with Crippen molar-refractivity contribution in [3.05, 3.63) is 113 Å². The van der Waals surface area contributed by atoms with Crippen molar-refractivity contribution in [1.82, 2.24) is 0 Å². The normalized spacial score (nSPS) is 19.1. The van der Waals surface area contributed by atoms with Gasteiger partial charge in [0, 0.05) is 16.0 Å². The average molecular weight is 475 g/mol. The maximum Gasteiger partial charge on any atom is 0.128 e. The molecule has 1 aliphatic heterocycles. The first-order chi connectivity index (χ1) is 15.8. The second kappa shape index (κ2) is 6.82. The molecular formula is C30H19BrO. The Hall–Kier alpha value is -3.36. The molecule has 0 spiro atoms. The van der Waals surface area contributed by atoms with E-state index in [0.29, 0.717) is 0 Å². The minimum atomic E-state index is 0.0912. The predicted molar refractivity (Wildman–Crippen MR) is 138 cm³/mol. The van der Waals surface area contributed by atoms with Gasteiger partial charge in [0.1, 0.15) is 11.9 Å². The highest BCUT2D eigenvalue weighted by molar-refractivity contribution is 9.11. The van der Waals surface area contributed by atoms with Crippen LogP contribution in [0.25, 0.3) is 43.4 Å². The highest BCUT2D eigenvalue weighted by Gasteiger charge is 2.33. The molecular weight excluding hydrogens is 456 g/mol. The lowest BCUT2D eigenvalue weighted by molar-refractivity contribution is 0.269. The number of rotatable bonds is 1. The summed E-state index contributed by atoms with van der Waals surface area (Å²) in [5.74, 6) is 1.25. The van der Waals surface area contributed by atoms with Crippen LogP contribution in [0.1, 0.15) is 11.5 Å². The lowest BCUT2D eigenvalue weighted by Gasteiger charge is -2.16. The van der Waals surface area contributed by atoms with Crippen LogP contribution < -0.4 is 4.74 Å². The van der Waals surface area contributed by atoms with Gasteiger partial charge >= 0.3 is 0 Å². The zero-order valence-electron chi connectivity index (χ0n) is 17.3. The largest absolute Gasteiger partial charge is 0.485 e. The van der Waals surface area contributed by atoms with E-state index in [2.05, 4.69) is 119 Å². The molecule has 5 aromatic rings. The molecule has 0 N–H and O–H groups in total. The van der Waals surface area contributed by atoms with Crippen LogP contribution in [0, 0.1) is 0 Å². The molecule has 0 radical (unpaired) electrons. The number of benzene rings is 5. The fourth-order valence-electron chi connectivity index (χ4n) is 5.34. The summed E-state index contributed by atoms with van der Waals surface area (Å²) in [5, 5.41) is 7.83. The van der Waals surface area contributed by atoms with Crippen LogP contribution in [-0.2, 0) is 0 Å². The van der Waals surface area contributed by atoms with Gasteiger partial charge in [-0.1, -0.05) is 88.7 Å². The van der Waals surface area contributed by atoms with E-state index in [0.717, 1.165) is 10.2 Å². The Kier molecular flexibility index (Phi) is 3.88. The molecule has 2 atom stereocenters. The number of hydrogen-bond acceptors (Lipinski definition) is 1. The average Bonchev–Trinajstić information content (AvgIpc) is 3.21. The zero-order valence-corrected chi connectivity index (χ0v) is 18.8. The van der Waals surface area contributed by atoms with Gasteiger partial charge in [0.2, 0.25) is 0 Å². The fourth-order valence-corrected chi connectivity index (χ4v) is 5.77. The Morgan fingerprint density at radius 2 is 1.22 bits per heavy atom. The van der Waals surface area contributed by atoms with Crippen LogP contribution in [-0.4, -0.2) is 6.10 Å². The Labute approximate surface area is 194 Å². The van der Waals surface area contributed by atoms with Crippen molar-refractivity contribution in [3.8, 4) is 16.9 Å². The molecule has 0 amide bonds. The maximum absolute atomic E-state index is 6.17. The van der Waals surface area contributed by atoms with Crippen molar-refractivity contribution in [2.24, 2.45) is 0 Å². The number of allylic oxidation sites excluding steroid dienone is 2. The number of fused-ring (bicyclic) bond motifs is 9. The molecule has 0 saturated carbocycles. The lowest BCUT2D eigenvalue weighted by Crippen LogP contribution is -2.16. The first kappa shape index (κ1) is 18.2. The minimum absolute atomic E-state index is 0.0912. The first-order valence-electron chi connectivity index (χ1n) is 11.0. The highest BCUT2D eigenvalue weighted by atomic mass is 79.9. The molecule has 2 aliphatic rings. The molecule has 0 saturated heterocycles. The second-order valence-electron chi connectivity index (χ2n) is 8.62. The van der Waals surface area contributed by atoms with Crippen LogP contribution in [0.2, 0.25) is 0 Å². The van der Waals surface area contributed by atoms with Crippen LogP contribution >= 0.6 is 15.9 Å². The monoisotopic (exact) mass is 474 g/mol. The molecule has 0 fully saturated rings. The molecule has 2 heteroatoms. The Morgan fingerprint density at radius 3 is 1.94 bits per heavy atom. The molecule has 32 heavy (non-hydrogen) atoms. The van der Waals surface area contributed by atoms with Crippen molar-refractivity contribution in [2.75, 3.05) is 0 Å². The molecule has 0 bridgehead atoms. The van der Waals surface area contributed by atoms with E-state index in [-0.39, 0.29) is 12.0 Å². The van der Waals surface area contributed by atoms with E-state index in [4.69, 9.17) is 4.74 Å². The summed E-state index contributed by atoms with van der Waals surface area (Å²) in [6, 6.07) is 31.0. The van der Waals surface area contributed by atoms with E-state index in [1.54, 1.807) is 0 Å². The summed E-state index contributed by atoms with van der Waals surface area (Å²) in [5.41, 5.74) is 3.72. The standard InChI is InChI=1S/C30H19BrO/c31-20-11-14-30-28(17-20)27-16-19(10-13-29(27)32-30)18-9-12-25-23-7-2-1-5-21(23)22-6-3-4-8-24(22)26(25)15-18/h1-17,28,30H. The molecule has 1 nitrogen and oxygen atoms in total. The summed E-state index contributed by atoms with van der Waals surface area (Å²) in [6.07, 6.45) is 6.56. The van der Waals surface area contributed by atoms with Gasteiger partial charge in [-0.25, -0.2) is 0 Å². The third-order valence-corrected chi connectivity index (χ3v) is 7.38. The molecule has 0 aromatic heterocycles. The van der Waals surface area contributed by atoms with E-state index < -0.39 is 0 Å². The van der Waals surface area contributed by atoms with Gasteiger partial charge in [0.25, 0.3) is 0 Å². The third kappa shape index (κ3) is 2.63. The Bertz CT molecular complexity index is 1590. The Balaban J connectivity index is 1.45. The minimum Gasteiger partial charge on any atom is -0.485 e.